The van der Waals surface area contributed by atoms with Crippen molar-refractivity contribution in [2.45, 2.75) is 25.9 Å². The molecule has 2 aromatic heterocycles. The van der Waals surface area contributed by atoms with Crippen LogP contribution in [0.4, 0.5) is 21.7 Å². The Bertz CT molecular complexity index is 1200. The lowest BCUT2D eigenvalue weighted by Crippen LogP contribution is -2.35. The van der Waals surface area contributed by atoms with Crippen molar-refractivity contribution >= 4 is 39.2 Å². The maximum absolute atomic E-state index is 14.6. The number of carbonyl (C=O) groups excluding carboxylic acids is 1. The van der Waals surface area contributed by atoms with Crippen molar-refractivity contribution in [3.05, 3.63) is 68.7 Å². The van der Waals surface area contributed by atoms with Crippen LogP contribution in [0.5, 0.6) is 0 Å². The average Bonchev–Trinajstić information content (AvgIpc) is 3.20. The van der Waals surface area contributed by atoms with E-state index in [0.717, 1.165) is 0 Å². The summed E-state index contributed by atoms with van der Waals surface area (Å²) in [4.78, 5) is 27.0. The zero-order valence-electron chi connectivity index (χ0n) is 18.3. The Kier molecular flexibility index (Phi) is 8.18. The Balaban J connectivity index is 1.73. The Morgan fingerprint density at radius 3 is 2.74 bits per heavy atom. The van der Waals surface area contributed by atoms with Crippen LogP contribution in [-0.4, -0.2) is 44.7 Å². The number of carbonyl (C=O) groups is 1. The summed E-state index contributed by atoms with van der Waals surface area (Å²) in [5, 5.41) is 25.8. The molecule has 0 aliphatic heterocycles. The predicted molar refractivity (Wildman–Crippen MR) is 130 cm³/mol. The summed E-state index contributed by atoms with van der Waals surface area (Å²) < 4.78 is 17.0. The molecule has 3 aromatic rings. The van der Waals surface area contributed by atoms with Crippen molar-refractivity contribution in [1.82, 2.24) is 14.9 Å². The minimum Gasteiger partial charge on any atom is -0.394 e. The summed E-state index contributed by atoms with van der Waals surface area (Å²) in [6.07, 6.45) is 3.95. The SMILES string of the molecule is C[C@@H](CO)NC(=O)c1cn(CCCNc2ccc([N+](=O)[O-])c(N)n2)cc1-c1ccc(Br)cc1F. The summed E-state index contributed by atoms with van der Waals surface area (Å²) >= 11 is 3.23. The second-order valence-electron chi connectivity index (χ2n) is 7.64. The molecule has 0 radical (unpaired) electrons. The van der Waals surface area contributed by atoms with Gasteiger partial charge in [-0.3, -0.25) is 14.9 Å². The number of nitrogens with one attached hydrogen (secondary N) is 2. The van der Waals surface area contributed by atoms with E-state index in [9.17, 15) is 24.4 Å². The first-order chi connectivity index (χ1) is 16.2. The first kappa shape index (κ1) is 25.1. The maximum Gasteiger partial charge on any atom is 0.311 e. The number of nitrogens with zero attached hydrogens (tertiary/aromatic N) is 3. The molecule has 0 bridgehead atoms. The zero-order chi connectivity index (χ0) is 24.8. The number of nitrogens with two attached hydrogens (primary N) is 1. The van der Waals surface area contributed by atoms with E-state index in [1.54, 1.807) is 36.0 Å². The molecule has 0 fully saturated rings. The number of anilines is 2. The number of aliphatic hydroxyl groups excluding tert-OH is 1. The molecule has 12 heteroatoms. The van der Waals surface area contributed by atoms with Gasteiger partial charge in [0, 0.05) is 53.2 Å². The molecule has 0 aliphatic rings. The summed E-state index contributed by atoms with van der Waals surface area (Å²) in [5.41, 5.74) is 6.36. The van der Waals surface area contributed by atoms with Crippen LogP contribution in [0, 0.1) is 15.9 Å². The van der Waals surface area contributed by atoms with Gasteiger partial charge in [-0.05, 0) is 31.5 Å². The molecule has 0 saturated heterocycles. The third kappa shape index (κ3) is 6.08. The van der Waals surface area contributed by atoms with Crippen LogP contribution in [0.1, 0.15) is 23.7 Å². The molecular formula is C22H24BrFN6O4. The standard InChI is InChI=1S/C22H24BrFN6O4/c1-13(12-31)27-22(32)17-11-29(10-16(17)15-4-3-14(23)9-18(15)24)8-2-7-26-20-6-5-19(30(33)34)21(25)28-20/h3-6,9-11,13,31H,2,7-8,12H2,1H3,(H,27,32)(H3,25,26,28)/t13-/m0/s1. The lowest BCUT2D eigenvalue weighted by atomic mass is 10.0. The van der Waals surface area contributed by atoms with Crippen molar-refractivity contribution in [3.63, 3.8) is 0 Å². The van der Waals surface area contributed by atoms with Gasteiger partial charge in [0.05, 0.1) is 17.1 Å². The van der Waals surface area contributed by atoms with Gasteiger partial charge in [0.2, 0.25) is 5.82 Å². The first-order valence-corrected chi connectivity index (χ1v) is 11.2. The van der Waals surface area contributed by atoms with Crippen LogP contribution in [0.25, 0.3) is 11.1 Å². The van der Waals surface area contributed by atoms with Crippen LogP contribution in [-0.2, 0) is 6.54 Å². The van der Waals surface area contributed by atoms with Gasteiger partial charge in [0.15, 0.2) is 0 Å². The zero-order valence-corrected chi connectivity index (χ0v) is 19.9. The van der Waals surface area contributed by atoms with Crippen LogP contribution in [0.3, 0.4) is 0 Å². The van der Waals surface area contributed by atoms with E-state index in [4.69, 9.17) is 5.73 Å². The smallest absolute Gasteiger partial charge is 0.311 e. The Hall–Kier alpha value is -3.51. The minimum absolute atomic E-state index is 0.172. The molecule has 1 atom stereocenters. The molecule has 180 valence electrons. The third-order valence-electron chi connectivity index (χ3n) is 5.00. The second-order valence-corrected chi connectivity index (χ2v) is 8.56. The van der Waals surface area contributed by atoms with E-state index >= 15 is 0 Å². The van der Waals surface area contributed by atoms with Crippen molar-refractivity contribution in [2.75, 3.05) is 24.2 Å². The highest BCUT2D eigenvalue weighted by Gasteiger charge is 2.20. The van der Waals surface area contributed by atoms with Gasteiger partial charge in [-0.25, -0.2) is 9.37 Å². The molecule has 1 aromatic carbocycles. The van der Waals surface area contributed by atoms with Crippen LogP contribution < -0.4 is 16.4 Å². The van der Waals surface area contributed by atoms with Crippen molar-refractivity contribution in [2.24, 2.45) is 0 Å². The fourth-order valence-electron chi connectivity index (χ4n) is 3.29. The van der Waals surface area contributed by atoms with Crippen LogP contribution >= 0.6 is 15.9 Å². The largest absolute Gasteiger partial charge is 0.394 e. The summed E-state index contributed by atoms with van der Waals surface area (Å²) in [5.74, 6) is -0.651. The van der Waals surface area contributed by atoms with Crippen LogP contribution in [0.15, 0.2) is 47.2 Å². The molecule has 10 nitrogen and oxygen atoms in total. The number of aryl methyl sites for hydroxylation is 1. The van der Waals surface area contributed by atoms with E-state index in [1.165, 1.54) is 18.2 Å². The number of halogens is 2. The minimum atomic E-state index is -0.598. The number of rotatable bonds is 10. The summed E-state index contributed by atoms with van der Waals surface area (Å²) in [6.45, 7) is 2.43. The van der Waals surface area contributed by atoms with E-state index in [0.29, 0.717) is 40.9 Å². The van der Waals surface area contributed by atoms with Gasteiger partial charge < -0.3 is 26.0 Å². The first-order valence-electron chi connectivity index (χ1n) is 10.4. The van der Waals surface area contributed by atoms with Gasteiger partial charge >= 0.3 is 5.69 Å². The van der Waals surface area contributed by atoms with E-state index < -0.39 is 22.7 Å². The molecule has 34 heavy (non-hydrogen) atoms. The van der Waals surface area contributed by atoms with Gasteiger partial charge in [-0.1, -0.05) is 22.0 Å². The molecule has 2 heterocycles. The van der Waals surface area contributed by atoms with Crippen LogP contribution in [0.2, 0.25) is 0 Å². The molecule has 3 rings (SSSR count). The quantitative estimate of drug-likeness (QED) is 0.176. The van der Waals surface area contributed by atoms with Crippen molar-refractivity contribution < 1.29 is 19.2 Å². The van der Waals surface area contributed by atoms with E-state index in [2.05, 4.69) is 31.5 Å². The van der Waals surface area contributed by atoms with E-state index in [1.807, 2.05) is 0 Å². The molecule has 1 amide bonds. The normalized spacial score (nSPS) is 11.8. The molecule has 0 saturated carbocycles. The number of benzene rings is 1. The molecule has 0 aliphatic carbocycles. The lowest BCUT2D eigenvalue weighted by Gasteiger charge is -2.11. The van der Waals surface area contributed by atoms with Crippen molar-refractivity contribution in [1.29, 1.82) is 0 Å². The number of hydrogen-bond donors (Lipinski definition) is 4. The van der Waals surface area contributed by atoms with E-state index in [-0.39, 0.29) is 23.7 Å². The lowest BCUT2D eigenvalue weighted by molar-refractivity contribution is -0.384. The number of aliphatic hydroxyl groups is 1. The van der Waals surface area contributed by atoms with Gasteiger partial charge in [-0.2, -0.15) is 0 Å². The fraction of sp³-hybridized carbons (Fsp3) is 0.273. The highest BCUT2D eigenvalue weighted by atomic mass is 79.9. The number of pyridine rings is 1. The number of nitrogen functional groups attached to an aromatic ring is 1. The van der Waals surface area contributed by atoms with Gasteiger partial charge in [0.25, 0.3) is 5.91 Å². The molecule has 5 N–H and O–H groups in total. The summed E-state index contributed by atoms with van der Waals surface area (Å²) in [6, 6.07) is 6.93. The van der Waals surface area contributed by atoms with Gasteiger partial charge in [0.1, 0.15) is 11.6 Å². The number of amides is 1. The second kappa shape index (κ2) is 11.1. The maximum atomic E-state index is 14.6. The fourth-order valence-corrected chi connectivity index (χ4v) is 3.62. The molecule has 0 unspecified atom stereocenters. The molecular weight excluding hydrogens is 511 g/mol. The monoisotopic (exact) mass is 534 g/mol. The molecule has 0 spiro atoms. The topological polar surface area (TPSA) is 148 Å². The Morgan fingerprint density at radius 2 is 2.09 bits per heavy atom. The highest BCUT2D eigenvalue weighted by molar-refractivity contribution is 9.10. The van der Waals surface area contributed by atoms with Crippen molar-refractivity contribution in [3.8, 4) is 11.1 Å². The Labute approximate surface area is 203 Å². The number of nitro groups is 1. The predicted octanol–water partition coefficient (Wildman–Crippen LogP) is 3.55. The highest BCUT2D eigenvalue weighted by Crippen LogP contribution is 2.30. The average molecular weight is 535 g/mol. The Morgan fingerprint density at radius 1 is 1.32 bits per heavy atom. The third-order valence-corrected chi connectivity index (χ3v) is 5.49. The van der Waals surface area contributed by atoms with Gasteiger partial charge in [-0.15, -0.1) is 0 Å². The summed E-state index contributed by atoms with van der Waals surface area (Å²) in [7, 11) is 0. The number of aromatic nitrogens is 2. The number of hydrogen-bond acceptors (Lipinski definition) is 7.